The molecule has 1 saturated heterocycles. The molecule has 0 bridgehead atoms. The first kappa shape index (κ1) is 16.4. The number of hydrogen-bond donors (Lipinski definition) is 1. The van der Waals surface area contributed by atoms with Crippen LogP contribution in [-0.4, -0.2) is 55.5 Å². The number of likely N-dealkylation sites (N-methyl/N-ethyl adjacent to an activating group) is 2. The number of rotatable bonds is 6. The van der Waals surface area contributed by atoms with E-state index in [-0.39, 0.29) is 5.91 Å². The summed E-state index contributed by atoms with van der Waals surface area (Å²) in [7, 11) is 4.28. The van der Waals surface area contributed by atoms with Crippen LogP contribution in [0.1, 0.15) is 18.4 Å². The van der Waals surface area contributed by atoms with Crippen molar-refractivity contribution >= 4 is 27.3 Å². The van der Waals surface area contributed by atoms with Gasteiger partial charge in [0.1, 0.15) is 0 Å². The smallest absolute Gasteiger partial charge is 0.221 e. The molecule has 0 spiro atoms. The van der Waals surface area contributed by atoms with E-state index < -0.39 is 0 Å². The third-order valence-corrected chi connectivity index (χ3v) is 5.59. The topological polar surface area (TPSA) is 35.6 Å². The Bertz CT molecular complexity index is 669. The minimum atomic E-state index is 0.133. The second kappa shape index (κ2) is 7.43. The highest BCUT2D eigenvalue weighted by molar-refractivity contribution is 7.17. The van der Waals surface area contributed by atoms with E-state index in [2.05, 4.69) is 58.9 Å². The average Bonchev–Trinajstić information content (AvgIpc) is 3.18. The second-order valence-electron chi connectivity index (χ2n) is 6.50. The van der Waals surface area contributed by atoms with E-state index in [9.17, 15) is 4.79 Å². The number of carbonyl (C=O) groups excluding carboxylic acids is 1. The summed E-state index contributed by atoms with van der Waals surface area (Å²) >= 11 is 1.75. The molecule has 124 valence electrons. The Balaban J connectivity index is 1.42. The maximum atomic E-state index is 12.1. The molecule has 2 aromatic rings. The third-order valence-electron chi connectivity index (χ3n) is 4.69. The number of carbonyl (C=O) groups is 1. The lowest BCUT2D eigenvalue weighted by Crippen LogP contribution is -2.36. The number of hydrogen-bond acceptors (Lipinski definition) is 4. The minimum absolute atomic E-state index is 0.133. The van der Waals surface area contributed by atoms with Gasteiger partial charge in [-0.25, -0.2) is 0 Å². The lowest BCUT2D eigenvalue weighted by atomic mass is 10.1. The lowest BCUT2D eigenvalue weighted by Gasteiger charge is -2.23. The van der Waals surface area contributed by atoms with Gasteiger partial charge in [-0.15, -0.1) is 11.3 Å². The fraction of sp³-hybridized carbons (Fsp3) is 0.500. The van der Waals surface area contributed by atoms with Crippen LogP contribution < -0.4 is 5.32 Å². The van der Waals surface area contributed by atoms with E-state index in [0.717, 1.165) is 25.2 Å². The zero-order valence-corrected chi connectivity index (χ0v) is 14.7. The number of fused-ring (bicyclic) bond motifs is 1. The summed E-state index contributed by atoms with van der Waals surface area (Å²) in [6, 6.07) is 9.10. The molecule has 1 N–H and O–H groups in total. The van der Waals surface area contributed by atoms with Gasteiger partial charge in [-0.2, -0.15) is 0 Å². The Kier molecular flexibility index (Phi) is 5.30. The van der Waals surface area contributed by atoms with Crippen LogP contribution in [0, 0.1) is 0 Å². The molecular formula is C18H25N3OS. The Labute approximate surface area is 142 Å². The van der Waals surface area contributed by atoms with E-state index in [1.807, 2.05) is 0 Å². The van der Waals surface area contributed by atoms with Crippen LogP contribution in [0.15, 0.2) is 29.6 Å². The van der Waals surface area contributed by atoms with Crippen molar-refractivity contribution in [1.82, 2.24) is 15.1 Å². The predicted octanol–water partition coefficient (Wildman–Crippen LogP) is 2.54. The number of likely N-dealkylation sites (tertiary alicyclic amines) is 1. The molecule has 0 unspecified atom stereocenters. The molecule has 1 aromatic heterocycles. The summed E-state index contributed by atoms with van der Waals surface area (Å²) in [5.41, 5.74) is 1.16. The van der Waals surface area contributed by atoms with E-state index in [1.54, 1.807) is 11.3 Å². The number of benzene rings is 1. The van der Waals surface area contributed by atoms with E-state index >= 15 is 0 Å². The molecule has 0 radical (unpaired) electrons. The summed E-state index contributed by atoms with van der Waals surface area (Å²) in [4.78, 5) is 16.7. The zero-order chi connectivity index (χ0) is 16.2. The number of nitrogens with one attached hydrogen (secondary N) is 1. The molecule has 1 fully saturated rings. The maximum Gasteiger partial charge on any atom is 0.221 e. The van der Waals surface area contributed by atoms with Crippen LogP contribution in [0.5, 0.6) is 0 Å². The molecule has 1 amide bonds. The van der Waals surface area contributed by atoms with Crippen molar-refractivity contribution in [3.63, 3.8) is 0 Å². The Hall–Kier alpha value is -1.43. The van der Waals surface area contributed by atoms with E-state index in [0.29, 0.717) is 19.0 Å². The van der Waals surface area contributed by atoms with Crippen LogP contribution in [0.4, 0.5) is 0 Å². The maximum absolute atomic E-state index is 12.1. The van der Waals surface area contributed by atoms with E-state index in [1.165, 1.54) is 16.5 Å². The van der Waals surface area contributed by atoms with Crippen LogP contribution in [0.3, 0.4) is 0 Å². The fourth-order valence-corrected chi connectivity index (χ4v) is 3.92. The first-order chi connectivity index (χ1) is 11.1. The number of nitrogens with zero attached hydrogens (tertiary/aromatic N) is 2. The first-order valence-electron chi connectivity index (χ1n) is 8.23. The van der Waals surface area contributed by atoms with Crippen molar-refractivity contribution in [2.45, 2.75) is 25.4 Å². The molecule has 2 heterocycles. The minimum Gasteiger partial charge on any atom is -0.352 e. The third kappa shape index (κ3) is 4.31. The first-order valence-corrected chi connectivity index (χ1v) is 9.11. The van der Waals surface area contributed by atoms with Crippen molar-refractivity contribution in [2.24, 2.45) is 0 Å². The van der Waals surface area contributed by atoms with Gasteiger partial charge in [0, 0.05) is 36.8 Å². The monoisotopic (exact) mass is 331 g/mol. The van der Waals surface area contributed by atoms with Gasteiger partial charge in [-0.3, -0.25) is 4.79 Å². The molecule has 1 aliphatic rings. The molecule has 5 heteroatoms. The highest BCUT2D eigenvalue weighted by Crippen LogP contribution is 2.21. The van der Waals surface area contributed by atoms with Crippen molar-refractivity contribution in [2.75, 3.05) is 33.7 Å². The second-order valence-corrected chi connectivity index (χ2v) is 7.45. The highest BCUT2D eigenvalue weighted by atomic mass is 32.1. The average molecular weight is 331 g/mol. The summed E-state index contributed by atoms with van der Waals surface area (Å²) in [6.45, 7) is 3.71. The van der Waals surface area contributed by atoms with Crippen molar-refractivity contribution < 1.29 is 4.79 Å². The van der Waals surface area contributed by atoms with Crippen LogP contribution in [-0.2, 0) is 11.3 Å². The normalized spacial score (nSPS) is 18.8. The van der Waals surface area contributed by atoms with Gasteiger partial charge in [0.25, 0.3) is 0 Å². The molecule has 3 rings (SSSR count). The van der Waals surface area contributed by atoms with Gasteiger partial charge >= 0.3 is 0 Å². The fourth-order valence-electron chi connectivity index (χ4n) is 3.15. The molecule has 1 aliphatic heterocycles. The van der Waals surface area contributed by atoms with Gasteiger partial charge < -0.3 is 15.1 Å². The SMILES string of the molecule is CN1CC[C@H](N(C)CCC(=O)NCc2ccc3sccc3c2)C1. The van der Waals surface area contributed by atoms with Gasteiger partial charge in [-0.05, 0) is 61.6 Å². The molecule has 4 nitrogen and oxygen atoms in total. The van der Waals surface area contributed by atoms with Gasteiger partial charge in [0.05, 0.1) is 0 Å². The summed E-state index contributed by atoms with van der Waals surface area (Å²) in [5, 5.41) is 6.39. The van der Waals surface area contributed by atoms with Crippen molar-refractivity contribution in [1.29, 1.82) is 0 Å². The van der Waals surface area contributed by atoms with Crippen LogP contribution >= 0.6 is 11.3 Å². The Morgan fingerprint density at radius 1 is 1.43 bits per heavy atom. The molecule has 0 aliphatic carbocycles. The van der Waals surface area contributed by atoms with Crippen LogP contribution in [0.25, 0.3) is 10.1 Å². The molecule has 0 saturated carbocycles. The van der Waals surface area contributed by atoms with Gasteiger partial charge in [-0.1, -0.05) is 6.07 Å². The number of thiophene rings is 1. The summed E-state index contributed by atoms with van der Waals surface area (Å²) in [5.74, 6) is 0.133. The summed E-state index contributed by atoms with van der Waals surface area (Å²) in [6.07, 6.45) is 1.77. The van der Waals surface area contributed by atoms with Crippen molar-refractivity contribution in [3.05, 3.63) is 35.2 Å². The van der Waals surface area contributed by atoms with Gasteiger partial charge in [0.15, 0.2) is 0 Å². The molecule has 1 aromatic carbocycles. The quantitative estimate of drug-likeness (QED) is 0.883. The summed E-state index contributed by atoms with van der Waals surface area (Å²) < 4.78 is 1.29. The van der Waals surface area contributed by atoms with Gasteiger partial charge in [0.2, 0.25) is 5.91 Å². The molecule has 1 atom stereocenters. The Morgan fingerprint density at radius 3 is 3.09 bits per heavy atom. The Morgan fingerprint density at radius 2 is 2.30 bits per heavy atom. The molecular weight excluding hydrogens is 306 g/mol. The molecule has 23 heavy (non-hydrogen) atoms. The van der Waals surface area contributed by atoms with E-state index in [4.69, 9.17) is 0 Å². The largest absolute Gasteiger partial charge is 0.352 e. The standard InChI is InChI=1S/C18H25N3OS/c1-20-8-5-16(13-20)21(2)9-6-18(22)19-12-14-3-4-17-15(11-14)7-10-23-17/h3-4,7,10-11,16H,5-6,8-9,12-13H2,1-2H3,(H,19,22)/t16-/m0/s1. The lowest BCUT2D eigenvalue weighted by molar-refractivity contribution is -0.121. The highest BCUT2D eigenvalue weighted by Gasteiger charge is 2.23. The van der Waals surface area contributed by atoms with Crippen molar-refractivity contribution in [3.8, 4) is 0 Å². The zero-order valence-electron chi connectivity index (χ0n) is 13.9. The predicted molar refractivity (Wildman–Crippen MR) is 96.8 cm³/mol. The number of amides is 1. The van der Waals surface area contributed by atoms with Crippen LogP contribution in [0.2, 0.25) is 0 Å².